The Morgan fingerprint density at radius 1 is 1.43 bits per heavy atom. The summed E-state index contributed by atoms with van der Waals surface area (Å²) in [7, 11) is 0. The maximum atomic E-state index is 10.2. The van der Waals surface area contributed by atoms with Gasteiger partial charge in [-0.25, -0.2) is 4.98 Å². The molecule has 4 heteroatoms. The molecule has 1 aromatic heterocycles. The molecule has 1 aromatic carbocycles. The quantitative estimate of drug-likeness (QED) is 0.718. The van der Waals surface area contributed by atoms with Gasteiger partial charge >= 0.3 is 0 Å². The van der Waals surface area contributed by atoms with E-state index in [0.717, 1.165) is 17.1 Å². The summed E-state index contributed by atoms with van der Waals surface area (Å²) in [5.41, 5.74) is 1.70. The zero-order chi connectivity index (χ0) is 9.80. The van der Waals surface area contributed by atoms with Crippen molar-refractivity contribution in [1.29, 1.82) is 0 Å². The van der Waals surface area contributed by atoms with Crippen LogP contribution in [0.2, 0.25) is 0 Å². The van der Waals surface area contributed by atoms with Crippen molar-refractivity contribution in [2.45, 2.75) is 0 Å². The van der Waals surface area contributed by atoms with E-state index in [1.165, 1.54) is 0 Å². The average molecular weight is 187 g/mol. The van der Waals surface area contributed by atoms with E-state index in [1.807, 2.05) is 24.3 Å². The number of nitrogens with one attached hydrogen (secondary N) is 2. The number of imidazole rings is 1. The molecule has 0 fully saturated rings. The van der Waals surface area contributed by atoms with Crippen LogP contribution in [0.3, 0.4) is 0 Å². The molecule has 0 bridgehead atoms. The van der Waals surface area contributed by atoms with Crippen LogP contribution in [0.1, 0.15) is 0 Å². The van der Waals surface area contributed by atoms with Gasteiger partial charge < -0.3 is 10.3 Å². The Kier molecular flexibility index (Phi) is 2.27. The fraction of sp³-hybridized carbons (Fsp3) is 0. The van der Waals surface area contributed by atoms with Gasteiger partial charge in [0.1, 0.15) is 5.82 Å². The van der Waals surface area contributed by atoms with Gasteiger partial charge in [0, 0.05) is 23.6 Å². The molecular weight excluding hydrogens is 178 g/mol. The predicted octanol–water partition coefficient (Wildman–Crippen LogP) is 1.64. The number of H-pyrrole nitrogens is 1. The zero-order valence-electron chi connectivity index (χ0n) is 7.40. The number of hydrogen-bond acceptors (Lipinski definition) is 2. The van der Waals surface area contributed by atoms with E-state index in [-0.39, 0.29) is 0 Å². The molecule has 14 heavy (non-hydrogen) atoms. The topological polar surface area (TPSA) is 57.8 Å². The lowest BCUT2D eigenvalue weighted by Crippen LogP contribution is -1.93. The number of rotatable bonds is 3. The number of anilines is 1. The van der Waals surface area contributed by atoms with Crippen molar-refractivity contribution in [3.8, 4) is 11.4 Å². The van der Waals surface area contributed by atoms with Crippen LogP contribution < -0.4 is 5.32 Å². The molecule has 2 rings (SSSR count). The van der Waals surface area contributed by atoms with E-state index in [1.54, 1.807) is 12.4 Å². The number of aromatic amines is 1. The lowest BCUT2D eigenvalue weighted by molar-refractivity contribution is -0.105. The monoisotopic (exact) mass is 187 g/mol. The van der Waals surface area contributed by atoms with E-state index in [9.17, 15) is 4.79 Å². The molecule has 1 heterocycles. The minimum atomic E-state index is 0.654. The second kappa shape index (κ2) is 3.74. The summed E-state index contributed by atoms with van der Waals surface area (Å²) in [6, 6.07) is 7.46. The molecule has 0 saturated heterocycles. The van der Waals surface area contributed by atoms with Crippen molar-refractivity contribution >= 4 is 12.1 Å². The minimum absolute atomic E-state index is 0.654. The molecule has 1 amide bonds. The average Bonchev–Trinajstić information content (AvgIpc) is 2.71. The van der Waals surface area contributed by atoms with Gasteiger partial charge in [0.2, 0.25) is 6.41 Å². The number of aromatic nitrogens is 2. The Morgan fingerprint density at radius 2 is 2.36 bits per heavy atom. The number of benzene rings is 1. The number of carbonyl (C=O) groups excluding carboxylic acids is 1. The highest BCUT2D eigenvalue weighted by Crippen LogP contribution is 2.18. The Bertz CT molecular complexity index is 423. The van der Waals surface area contributed by atoms with Gasteiger partial charge in [-0.3, -0.25) is 4.79 Å². The SMILES string of the molecule is O=CNc1cccc(-c2ncc[nH]2)c1. The van der Waals surface area contributed by atoms with E-state index in [4.69, 9.17) is 0 Å². The minimum Gasteiger partial charge on any atom is -0.345 e. The highest BCUT2D eigenvalue weighted by Gasteiger charge is 1.99. The standard InChI is InChI=1S/C10H9N3O/c14-7-13-9-3-1-2-8(6-9)10-11-4-5-12-10/h1-7H,(H,11,12)(H,13,14). The van der Waals surface area contributed by atoms with E-state index >= 15 is 0 Å². The molecule has 0 spiro atoms. The van der Waals surface area contributed by atoms with Crippen molar-refractivity contribution < 1.29 is 4.79 Å². The fourth-order valence-electron chi connectivity index (χ4n) is 1.25. The van der Waals surface area contributed by atoms with Gasteiger partial charge in [-0.1, -0.05) is 12.1 Å². The first-order valence-corrected chi connectivity index (χ1v) is 4.20. The molecule has 2 N–H and O–H groups in total. The highest BCUT2D eigenvalue weighted by atomic mass is 16.1. The third-order valence-electron chi connectivity index (χ3n) is 1.86. The van der Waals surface area contributed by atoms with Gasteiger partial charge in [0.15, 0.2) is 0 Å². The highest BCUT2D eigenvalue weighted by molar-refractivity contribution is 5.74. The first kappa shape index (κ1) is 8.50. The van der Waals surface area contributed by atoms with Crippen LogP contribution in [0.25, 0.3) is 11.4 Å². The summed E-state index contributed by atoms with van der Waals surface area (Å²) < 4.78 is 0. The Hall–Kier alpha value is -2.10. The van der Waals surface area contributed by atoms with Gasteiger partial charge in [-0.15, -0.1) is 0 Å². The van der Waals surface area contributed by atoms with Crippen LogP contribution in [0.15, 0.2) is 36.7 Å². The van der Waals surface area contributed by atoms with Crippen LogP contribution >= 0.6 is 0 Å². The van der Waals surface area contributed by atoms with Gasteiger partial charge in [0.25, 0.3) is 0 Å². The van der Waals surface area contributed by atoms with E-state index in [0.29, 0.717) is 6.41 Å². The van der Waals surface area contributed by atoms with Crippen molar-refractivity contribution in [2.24, 2.45) is 0 Å². The normalized spacial score (nSPS) is 9.71. The smallest absolute Gasteiger partial charge is 0.211 e. The maximum Gasteiger partial charge on any atom is 0.211 e. The van der Waals surface area contributed by atoms with Crippen LogP contribution in [0, 0.1) is 0 Å². The number of carbonyl (C=O) groups is 1. The van der Waals surface area contributed by atoms with Crippen molar-refractivity contribution in [2.75, 3.05) is 5.32 Å². The molecule has 4 nitrogen and oxygen atoms in total. The summed E-state index contributed by atoms with van der Waals surface area (Å²) >= 11 is 0. The number of nitrogens with zero attached hydrogens (tertiary/aromatic N) is 1. The molecule has 0 aliphatic heterocycles. The second-order valence-corrected chi connectivity index (χ2v) is 2.78. The maximum absolute atomic E-state index is 10.2. The lowest BCUT2D eigenvalue weighted by atomic mass is 10.2. The van der Waals surface area contributed by atoms with Gasteiger partial charge in [0.05, 0.1) is 0 Å². The molecule has 0 atom stereocenters. The predicted molar refractivity (Wildman–Crippen MR) is 53.7 cm³/mol. The Morgan fingerprint density at radius 3 is 3.07 bits per heavy atom. The summed E-state index contributed by atoms with van der Waals surface area (Å²) in [6.45, 7) is 0. The molecular formula is C10H9N3O. The molecule has 0 saturated carbocycles. The van der Waals surface area contributed by atoms with E-state index in [2.05, 4.69) is 15.3 Å². The molecule has 2 aromatic rings. The fourth-order valence-corrected chi connectivity index (χ4v) is 1.25. The van der Waals surface area contributed by atoms with Crippen molar-refractivity contribution in [3.05, 3.63) is 36.7 Å². The van der Waals surface area contributed by atoms with Crippen LogP contribution in [-0.2, 0) is 4.79 Å². The number of hydrogen-bond donors (Lipinski definition) is 2. The summed E-state index contributed by atoms with van der Waals surface area (Å²) in [6.07, 6.45) is 4.10. The molecule has 0 aliphatic rings. The number of amides is 1. The molecule has 0 radical (unpaired) electrons. The summed E-state index contributed by atoms with van der Waals surface area (Å²) in [5, 5.41) is 2.59. The van der Waals surface area contributed by atoms with Crippen molar-refractivity contribution in [1.82, 2.24) is 9.97 Å². The third-order valence-corrected chi connectivity index (χ3v) is 1.86. The van der Waals surface area contributed by atoms with Gasteiger partial charge in [-0.05, 0) is 12.1 Å². The summed E-state index contributed by atoms with van der Waals surface area (Å²) in [5.74, 6) is 0.791. The molecule has 70 valence electrons. The van der Waals surface area contributed by atoms with E-state index < -0.39 is 0 Å². The van der Waals surface area contributed by atoms with Gasteiger partial charge in [-0.2, -0.15) is 0 Å². The Labute approximate surface area is 81.0 Å². The zero-order valence-corrected chi connectivity index (χ0v) is 7.40. The van der Waals surface area contributed by atoms with Crippen LogP contribution in [0.5, 0.6) is 0 Å². The molecule has 0 aliphatic carbocycles. The van der Waals surface area contributed by atoms with Crippen LogP contribution in [0.4, 0.5) is 5.69 Å². The molecule has 0 unspecified atom stereocenters. The third kappa shape index (κ3) is 1.64. The first-order valence-electron chi connectivity index (χ1n) is 4.20. The van der Waals surface area contributed by atoms with Crippen molar-refractivity contribution in [3.63, 3.8) is 0 Å². The lowest BCUT2D eigenvalue weighted by Gasteiger charge is -2.00. The first-order chi connectivity index (χ1) is 6.90. The van der Waals surface area contributed by atoms with Crippen LogP contribution in [-0.4, -0.2) is 16.4 Å². The largest absolute Gasteiger partial charge is 0.345 e. The Balaban J connectivity index is 2.35. The second-order valence-electron chi connectivity index (χ2n) is 2.78. The summed E-state index contributed by atoms with van der Waals surface area (Å²) in [4.78, 5) is 17.3.